The first-order valence-corrected chi connectivity index (χ1v) is 9.38. The topological polar surface area (TPSA) is 69.0 Å². The van der Waals surface area contributed by atoms with Crippen LogP contribution in [0.5, 0.6) is 5.75 Å². The molecule has 2 aromatic heterocycles. The summed E-state index contributed by atoms with van der Waals surface area (Å²) >= 11 is 2.80. The van der Waals surface area contributed by atoms with E-state index in [9.17, 15) is 4.79 Å². The summed E-state index contributed by atoms with van der Waals surface area (Å²) in [6.45, 7) is 1.85. The standard InChI is InChI=1S/C17H18N4O2S2/c1-11(25-17-18-8-9-21(17)2)15(22)20-16-19-13(10-24-16)12-6-4-5-7-14(12)23-3/h4-11H,1-3H3,(H,19,20,22). The number of nitrogens with one attached hydrogen (secondary N) is 1. The number of rotatable bonds is 6. The first kappa shape index (κ1) is 17.5. The molecule has 3 aromatic rings. The van der Waals surface area contributed by atoms with Gasteiger partial charge in [0, 0.05) is 30.4 Å². The van der Waals surface area contributed by atoms with Crippen LogP contribution in [0.2, 0.25) is 0 Å². The summed E-state index contributed by atoms with van der Waals surface area (Å²) in [5, 5.41) is 5.87. The van der Waals surface area contributed by atoms with E-state index >= 15 is 0 Å². The number of para-hydroxylation sites is 1. The summed E-state index contributed by atoms with van der Waals surface area (Å²) in [6, 6.07) is 7.67. The van der Waals surface area contributed by atoms with Gasteiger partial charge >= 0.3 is 0 Å². The number of hydrogen-bond acceptors (Lipinski definition) is 6. The van der Waals surface area contributed by atoms with Crippen molar-refractivity contribution >= 4 is 34.1 Å². The lowest BCUT2D eigenvalue weighted by Crippen LogP contribution is -2.22. The van der Waals surface area contributed by atoms with Gasteiger partial charge in [-0.05, 0) is 19.1 Å². The summed E-state index contributed by atoms with van der Waals surface area (Å²) in [5.41, 5.74) is 1.68. The Kier molecular flexibility index (Phi) is 5.40. The third-order valence-corrected chi connectivity index (χ3v) is 5.48. The molecule has 1 atom stereocenters. The molecular formula is C17H18N4O2S2. The van der Waals surface area contributed by atoms with Gasteiger partial charge < -0.3 is 14.6 Å². The Morgan fingerprint density at radius 1 is 1.40 bits per heavy atom. The van der Waals surface area contributed by atoms with E-state index in [-0.39, 0.29) is 11.2 Å². The molecule has 0 saturated carbocycles. The minimum atomic E-state index is -0.278. The van der Waals surface area contributed by atoms with Crippen molar-refractivity contribution in [3.05, 3.63) is 42.0 Å². The maximum atomic E-state index is 12.4. The molecule has 3 rings (SSSR count). The van der Waals surface area contributed by atoms with Crippen LogP contribution >= 0.6 is 23.1 Å². The molecule has 0 radical (unpaired) electrons. The highest BCUT2D eigenvalue weighted by atomic mass is 32.2. The molecule has 0 aliphatic carbocycles. The molecule has 0 spiro atoms. The Morgan fingerprint density at radius 3 is 2.92 bits per heavy atom. The average Bonchev–Trinajstić information content (AvgIpc) is 3.24. The normalized spacial score (nSPS) is 12.0. The van der Waals surface area contributed by atoms with Crippen molar-refractivity contribution in [2.75, 3.05) is 12.4 Å². The minimum Gasteiger partial charge on any atom is -0.496 e. The number of amides is 1. The molecule has 0 aliphatic heterocycles. The highest BCUT2D eigenvalue weighted by Crippen LogP contribution is 2.32. The summed E-state index contributed by atoms with van der Waals surface area (Å²) in [4.78, 5) is 21.1. The van der Waals surface area contributed by atoms with Crippen LogP contribution in [0.25, 0.3) is 11.3 Å². The van der Waals surface area contributed by atoms with Crippen LogP contribution in [0.3, 0.4) is 0 Å². The van der Waals surface area contributed by atoms with Crippen molar-refractivity contribution in [1.82, 2.24) is 14.5 Å². The number of anilines is 1. The molecule has 0 bridgehead atoms. The number of hydrogen-bond donors (Lipinski definition) is 1. The molecule has 8 heteroatoms. The van der Waals surface area contributed by atoms with E-state index in [0.717, 1.165) is 22.2 Å². The number of aromatic nitrogens is 3. The number of aryl methyl sites for hydroxylation is 1. The van der Waals surface area contributed by atoms with Crippen LogP contribution in [0.4, 0.5) is 5.13 Å². The van der Waals surface area contributed by atoms with Gasteiger partial charge in [-0.1, -0.05) is 23.9 Å². The molecular weight excluding hydrogens is 356 g/mol. The Balaban J connectivity index is 1.68. The van der Waals surface area contributed by atoms with Gasteiger partial charge in [-0.15, -0.1) is 11.3 Å². The molecule has 6 nitrogen and oxygen atoms in total. The fraction of sp³-hybridized carbons (Fsp3) is 0.235. The molecule has 0 aliphatic rings. The zero-order valence-corrected chi connectivity index (χ0v) is 15.7. The lowest BCUT2D eigenvalue weighted by molar-refractivity contribution is -0.115. The maximum absolute atomic E-state index is 12.4. The number of carbonyl (C=O) groups is 1. The number of thioether (sulfide) groups is 1. The molecule has 1 N–H and O–H groups in total. The van der Waals surface area contributed by atoms with E-state index in [4.69, 9.17) is 4.74 Å². The molecule has 0 saturated heterocycles. The number of nitrogens with zero attached hydrogens (tertiary/aromatic N) is 3. The summed E-state index contributed by atoms with van der Waals surface area (Å²) < 4.78 is 7.25. The van der Waals surface area contributed by atoms with Crippen molar-refractivity contribution in [2.45, 2.75) is 17.3 Å². The lowest BCUT2D eigenvalue weighted by Gasteiger charge is -2.10. The summed E-state index contributed by atoms with van der Waals surface area (Å²) in [5.74, 6) is 0.651. The fourth-order valence-corrected chi connectivity index (χ4v) is 3.74. The first-order valence-electron chi connectivity index (χ1n) is 7.62. The van der Waals surface area contributed by atoms with Crippen LogP contribution in [-0.4, -0.2) is 32.8 Å². The van der Waals surface area contributed by atoms with E-state index in [1.165, 1.54) is 23.1 Å². The lowest BCUT2D eigenvalue weighted by atomic mass is 10.1. The van der Waals surface area contributed by atoms with Crippen molar-refractivity contribution in [1.29, 1.82) is 0 Å². The molecule has 25 heavy (non-hydrogen) atoms. The largest absolute Gasteiger partial charge is 0.496 e. The van der Waals surface area contributed by atoms with Crippen molar-refractivity contribution < 1.29 is 9.53 Å². The zero-order valence-electron chi connectivity index (χ0n) is 14.1. The number of thiazole rings is 1. The Morgan fingerprint density at radius 2 is 2.20 bits per heavy atom. The van der Waals surface area contributed by atoms with Gasteiger partial charge in [0.05, 0.1) is 18.1 Å². The van der Waals surface area contributed by atoms with Gasteiger partial charge in [-0.25, -0.2) is 9.97 Å². The van der Waals surface area contributed by atoms with E-state index in [0.29, 0.717) is 5.13 Å². The number of carbonyl (C=O) groups excluding carboxylic acids is 1. The highest BCUT2D eigenvalue weighted by molar-refractivity contribution is 8.00. The van der Waals surface area contributed by atoms with Crippen LogP contribution in [0.15, 0.2) is 47.2 Å². The Hall–Kier alpha value is -2.32. The van der Waals surface area contributed by atoms with Crippen molar-refractivity contribution in [2.24, 2.45) is 7.05 Å². The van der Waals surface area contributed by atoms with E-state index in [2.05, 4.69) is 15.3 Å². The fourth-order valence-electron chi connectivity index (χ4n) is 2.20. The van der Waals surface area contributed by atoms with Crippen LogP contribution in [-0.2, 0) is 11.8 Å². The smallest absolute Gasteiger partial charge is 0.239 e. The van der Waals surface area contributed by atoms with Gasteiger partial charge in [0.1, 0.15) is 5.75 Å². The van der Waals surface area contributed by atoms with Crippen LogP contribution in [0, 0.1) is 0 Å². The van der Waals surface area contributed by atoms with Crippen molar-refractivity contribution in [3.63, 3.8) is 0 Å². The van der Waals surface area contributed by atoms with E-state index in [1.54, 1.807) is 13.3 Å². The number of ether oxygens (including phenoxy) is 1. The second-order valence-corrected chi connectivity index (χ2v) is 7.47. The maximum Gasteiger partial charge on any atom is 0.239 e. The Labute approximate surface area is 154 Å². The van der Waals surface area contributed by atoms with Gasteiger partial charge in [0.15, 0.2) is 10.3 Å². The van der Waals surface area contributed by atoms with E-state index < -0.39 is 0 Å². The number of benzene rings is 1. The highest BCUT2D eigenvalue weighted by Gasteiger charge is 2.18. The monoisotopic (exact) mass is 374 g/mol. The Bertz CT molecular complexity index is 875. The SMILES string of the molecule is COc1ccccc1-c1csc(NC(=O)C(C)Sc2nccn2C)n1. The first-order chi connectivity index (χ1) is 12.1. The molecule has 1 aromatic carbocycles. The van der Waals surface area contributed by atoms with Crippen LogP contribution < -0.4 is 10.1 Å². The number of imidazole rings is 1. The molecule has 2 heterocycles. The quantitative estimate of drug-likeness (QED) is 0.667. The van der Waals surface area contributed by atoms with Gasteiger partial charge in [-0.2, -0.15) is 0 Å². The van der Waals surface area contributed by atoms with E-state index in [1.807, 2.05) is 54.4 Å². The van der Waals surface area contributed by atoms with Gasteiger partial charge in [-0.3, -0.25) is 4.79 Å². The average molecular weight is 374 g/mol. The van der Waals surface area contributed by atoms with Gasteiger partial charge in [0.25, 0.3) is 0 Å². The second-order valence-electron chi connectivity index (χ2n) is 5.31. The molecule has 1 unspecified atom stereocenters. The van der Waals surface area contributed by atoms with Crippen LogP contribution in [0.1, 0.15) is 6.92 Å². The zero-order chi connectivity index (χ0) is 17.8. The predicted octanol–water partition coefficient (Wildman–Crippen LogP) is 3.67. The molecule has 130 valence electrons. The number of methoxy groups -OCH3 is 1. The second kappa shape index (κ2) is 7.71. The van der Waals surface area contributed by atoms with Crippen molar-refractivity contribution in [3.8, 4) is 17.0 Å². The van der Waals surface area contributed by atoms with Gasteiger partial charge in [0.2, 0.25) is 5.91 Å². The third kappa shape index (κ3) is 4.02. The molecule has 0 fully saturated rings. The summed E-state index contributed by atoms with van der Waals surface area (Å²) in [7, 11) is 3.53. The molecule has 1 amide bonds. The summed E-state index contributed by atoms with van der Waals surface area (Å²) in [6.07, 6.45) is 3.57. The predicted molar refractivity (Wildman–Crippen MR) is 101 cm³/mol. The third-order valence-electron chi connectivity index (χ3n) is 3.55. The minimum absolute atomic E-state index is 0.103.